The molecule has 14 heteroatoms. The number of aromatic nitrogens is 2. The Hall–Kier alpha value is -2.72. The van der Waals surface area contributed by atoms with Crippen molar-refractivity contribution >= 4 is 17.8 Å². The molecular weight excluding hydrogens is 746 g/mol. The Bertz CT molecular complexity index is 1570. The second kappa shape index (κ2) is 19.3. The molecular formula is C44H73N3O11. The third-order valence-corrected chi connectivity index (χ3v) is 13.0. The first-order chi connectivity index (χ1) is 27.0. The average molecular weight is 820 g/mol. The quantitative estimate of drug-likeness (QED) is 0.240. The summed E-state index contributed by atoms with van der Waals surface area (Å²) in [6.07, 6.45) is 2.51. The van der Waals surface area contributed by atoms with Gasteiger partial charge in [0.25, 0.3) is 0 Å². The Balaban J connectivity index is 1.86. The summed E-state index contributed by atoms with van der Waals surface area (Å²) in [5.41, 5.74) is -2.55. The molecule has 15 atom stereocenters. The zero-order valence-corrected chi connectivity index (χ0v) is 38.0. The van der Waals surface area contributed by atoms with E-state index in [0.29, 0.717) is 18.4 Å². The summed E-state index contributed by atoms with van der Waals surface area (Å²) >= 11 is 0. The van der Waals surface area contributed by atoms with Crippen LogP contribution in [-0.4, -0.2) is 127 Å². The summed E-state index contributed by atoms with van der Waals surface area (Å²) < 4.78 is 52.8. The minimum absolute atomic E-state index is 0.0113. The maximum atomic E-state index is 14.7. The molecule has 3 aliphatic rings. The van der Waals surface area contributed by atoms with Crippen LogP contribution in [0, 0.1) is 29.1 Å². The lowest BCUT2D eigenvalue weighted by Crippen LogP contribution is -2.59. The number of ketones is 1. The maximum absolute atomic E-state index is 14.7. The molecule has 0 spiro atoms. The second-order valence-corrected chi connectivity index (χ2v) is 18.5. The first-order valence-electron chi connectivity index (χ1n) is 21.0. The van der Waals surface area contributed by atoms with Crippen molar-refractivity contribution in [2.75, 3.05) is 28.3 Å². The summed E-state index contributed by atoms with van der Waals surface area (Å²) in [4.78, 5) is 48.6. The molecule has 0 aromatic carbocycles. The van der Waals surface area contributed by atoms with Gasteiger partial charge in [-0.05, 0) is 92.0 Å². The Morgan fingerprint density at radius 1 is 0.966 bits per heavy atom. The highest BCUT2D eigenvalue weighted by Crippen LogP contribution is 2.44. The van der Waals surface area contributed by atoms with Crippen LogP contribution in [0.15, 0.2) is 30.4 Å². The van der Waals surface area contributed by atoms with Gasteiger partial charge in [-0.1, -0.05) is 41.5 Å². The van der Waals surface area contributed by atoms with Gasteiger partial charge in [0.2, 0.25) is 0 Å². The van der Waals surface area contributed by atoms with E-state index in [2.05, 4.69) is 51.7 Å². The van der Waals surface area contributed by atoms with Gasteiger partial charge in [-0.2, -0.15) is 0 Å². The van der Waals surface area contributed by atoms with Crippen molar-refractivity contribution in [3.8, 4) is 0 Å². The third-order valence-electron chi connectivity index (χ3n) is 13.0. The SMILES string of the molecule is CC[C@H]1OC(=O)C(C)C(OC2CC(C)(OC)C(OC)C(C)O2)C(C)C(OC2OC(C)CC(N(C)C)[C@H]2C)C(C)(C)CC(C)C(=O)/C(C)=C/C1(C)OC(=O)n1ccnc1. The van der Waals surface area contributed by atoms with Crippen LogP contribution in [0.4, 0.5) is 4.79 Å². The average Bonchev–Trinajstić information content (AvgIpc) is 3.70. The minimum atomic E-state index is -1.52. The van der Waals surface area contributed by atoms with Gasteiger partial charge in [0.1, 0.15) is 18.5 Å². The number of hydrogen-bond donors (Lipinski definition) is 0. The van der Waals surface area contributed by atoms with Crippen molar-refractivity contribution in [3.63, 3.8) is 0 Å². The number of rotatable bonds is 9. The number of imidazole rings is 1. The molecule has 0 saturated carbocycles. The van der Waals surface area contributed by atoms with Crippen LogP contribution < -0.4 is 0 Å². The van der Waals surface area contributed by atoms with Crippen LogP contribution >= 0.6 is 0 Å². The Morgan fingerprint density at radius 3 is 2.21 bits per heavy atom. The van der Waals surface area contributed by atoms with E-state index >= 15 is 0 Å². The van der Waals surface area contributed by atoms with Crippen LogP contribution in [0.2, 0.25) is 0 Å². The smallest absolute Gasteiger partial charge is 0.420 e. The van der Waals surface area contributed by atoms with Crippen molar-refractivity contribution in [2.24, 2.45) is 29.1 Å². The minimum Gasteiger partial charge on any atom is -0.457 e. The van der Waals surface area contributed by atoms with Crippen molar-refractivity contribution in [1.29, 1.82) is 0 Å². The number of allylic oxidation sites excluding steroid dienone is 1. The van der Waals surface area contributed by atoms with E-state index in [-0.39, 0.29) is 36.4 Å². The lowest BCUT2D eigenvalue weighted by atomic mass is 9.70. The first kappa shape index (κ1) is 48.0. The van der Waals surface area contributed by atoms with E-state index in [0.717, 1.165) is 6.42 Å². The predicted molar refractivity (Wildman–Crippen MR) is 218 cm³/mol. The monoisotopic (exact) mass is 820 g/mol. The highest BCUT2D eigenvalue weighted by molar-refractivity contribution is 5.96. The van der Waals surface area contributed by atoms with Crippen LogP contribution in [0.3, 0.4) is 0 Å². The van der Waals surface area contributed by atoms with Crippen molar-refractivity contribution < 1.29 is 52.3 Å². The number of hydrogen-bond acceptors (Lipinski definition) is 13. The molecule has 3 aliphatic heterocycles. The summed E-state index contributed by atoms with van der Waals surface area (Å²) in [6.45, 7) is 23.2. The van der Waals surface area contributed by atoms with Gasteiger partial charge >= 0.3 is 12.1 Å². The molecule has 330 valence electrons. The van der Waals surface area contributed by atoms with Crippen LogP contribution in [0.5, 0.6) is 0 Å². The highest BCUT2D eigenvalue weighted by atomic mass is 16.7. The highest BCUT2D eigenvalue weighted by Gasteiger charge is 2.52. The zero-order valence-electron chi connectivity index (χ0n) is 38.0. The molecule has 0 radical (unpaired) electrons. The molecule has 0 bridgehead atoms. The van der Waals surface area contributed by atoms with E-state index in [1.54, 1.807) is 41.1 Å². The van der Waals surface area contributed by atoms with E-state index in [4.69, 9.17) is 37.9 Å². The topological polar surface area (TPSA) is 146 Å². The lowest BCUT2D eigenvalue weighted by Gasteiger charge is -2.50. The fourth-order valence-corrected chi connectivity index (χ4v) is 9.88. The van der Waals surface area contributed by atoms with E-state index in [1.807, 2.05) is 34.6 Å². The number of carbonyl (C=O) groups excluding carboxylic acids is 3. The number of nitrogens with zero attached hydrogens (tertiary/aromatic N) is 3. The first-order valence-corrected chi connectivity index (χ1v) is 21.0. The standard InChI is InChI=1S/C44H73N3O11/c1-17-33-43(11,58-41(50)47-19-18-45-24-47)22-26(3)35(48)25(2)21-42(9,10)37(57-40-28(5)32(46(13)14)20-27(4)53-40)29(6)36(30(7)39(49)55-33)56-34-23-44(12,52-16)38(51-15)31(8)54-34/h18-19,22,24-25,27-34,36-38,40H,17,20-21,23H2,1-16H3/b26-22+/t25?,27?,28-,29?,30?,31?,32?,33-,34?,36?,37?,38?,40?,43?,44?/m1/s1. The molecule has 0 N–H and O–H groups in total. The molecule has 2 saturated heterocycles. The number of esters is 1. The Morgan fingerprint density at radius 2 is 1.64 bits per heavy atom. The predicted octanol–water partition coefficient (Wildman–Crippen LogP) is 6.83. The molecule has 0 aliphatic carbocycles. The van der Waals surface area contributed by atoms with Crippen LogP contribution in [0.25, 0.3) is 0 Å². The molecule has 4 rings (SSSR count). The fraction of sp³-hybridized carbons (Fsp3) is 0.818. The van der Waals surface area contributed by atoms with Gasteiger partial charge in [-0.3, -0.25) is 9.59 Å². The summed E-state index contributed by atoms with van der Waals surface area (Å²) in [5, 5.41) is 0. The molecule has 0 amide bonds. The molecule has 14 nitrogen and oxygen atoms in total. The van der Waals surface area contributed by atoms with E-state index in [1.165, 1.54) is 23.3 Å². The van der Waals surface area contributed by atoms with Crippen molar-refractivity contribution in [2.45, 2.75) is 175 Å². The van der Waals surface area contributed by atoms with Gasteiger partial charge in [-0.25, -0.2) is 14.3 Å². The largest absolute Gasteiger partial charge is 0.457 e. The summed E-state index contributed by atoms with van der Waals surface area (Å²) in [7, 11) is 7.43. The molecule has 13 unspecified atom stereocenters. The molecule has 1 aromatic heterocycles. The molecule has 58 heavy (non-hydrogen) atoms. The van der Waals surface area contributed by atoms with Gasteiger partial charge < -0.3 is 42.8 Å². The van der Waals surface area contributed by atoms with Crippen molar-refractivity contribution in [3.05, 3.63) is 30.4 Å². The molecule has 2 fully saturated rings. The second-order valence-electron chi connectivity index (χ2n) is 18.5. The lowest BCUT2D eigenvalue weighted by molar-refractivity contribution is -0.311. The van der Waals surface area contributed by atoms with Crippen LogP contribution in [0.1, 0.15) is 109 Å². The van der Waals surface area contributed by atoms with E-state index in [9.17, 15) is 14.4 Å². The number of ether oxygens (including phenoxy) is 8. The van der Waals surface area contributed by atoms with Gasteiger partial charge in [-0.15, -0.1) is 0 Å². The zero-order chi connectivity index (χ0) is 43.5. The summed E-state index contributed by atoms with van der Waals surface area (Å²) in [6, 6.07) is 0.209. The Kier molecular flexibility index (Phi) is 16.0. The van der Waals surface area contributed by atoms with Gasteiger partial charge in [0, 0.05) is 56.8 Å². The van der Waals surface area contributed by atoms with Crippen molar-refractivity contribution in [1.82, 2.24) is 14.5 Å². The Labute approximate surface area is 346 Å². The van der Waals surface area contributed by atoms with Crippen LogP contribution in [-0.2, 0) is 47.5 Å². The number of carbonyl (C=O) groups is 3. The van der Waals surface area contributed by atoms with Gasteiger partial charge in [0.05, 0.1) is 35.9 Å². The summed E-state index contributed by atoms with van der Waals surface area (Å²) in [5.74, 6) is -2.47. The number of cyclic esters (lactones) is 1. The number of Topliss-reactive ketones (excluding diaryl/α,β-unsaturated/α-hetero) is 1. The number of methoxy groups -OCH3 is 2. The molecule has 4 heterocycles. The normalized spacial score (nSPS) is 41.6. The molecule has 1 aromatic rings. The fourth-order valence-electron chi connectivity index (χ4n) is 9.88. The van der Waals surface area contributed by atoms with E-state index < -0.39 is 83.4 Å². The maximum Gasteiger partial charge on any atom is 0.420 e. The van der Waals surface area contributed by atoms with Gasteiger partial charge in [0.15, 0.2) is 24.0 Å². The third kappa shape index (κ3) is 10.6.